The average Bonchev–Trinajstić information content (AvgIpc) is 1.87. The molecule has 1 heterocycles. The zero-order valence-corrected chi connectivity index (χ0v) is 4.55. The molecule has 1 unspecified atom stereocenters. The molecule has 38 valence electrons. The Labute approximate surface area is 43.0 Å². The fourth-order valence-corrected chi connectivity index (χ4v) is 0.598. The van der Waals surface area contributed by atoms with E-state index in [-0.39, 0.29) is 0 Å². The molecule has 0 spiro atoms. The topological polar surface area (TPSA) is 24.7 Å². The first-order valence-corrected chi connectivity index (χ1v) is 2.38. The third-order valence-corrected chi connectivity index (χ3v) is 0.880. The average molecular weight is 96.1 g/mol. The van der Waals surface area contributed by atoms with E-state index in [0.29, 0.717) is 6.04 Å². The number of allylic oxidation sites excluding steroid dienone is 1. The van der Waals surface area contributed by atoms with Crippen molar-refractivity contribution in [3.63, 3.8) is 0 Å². The molecule has 0 amide bonds. The molecule has 0 radical (unpaired) electrons. The number of hydrogen-bond acceptors (Lipinski definition) is 2. The monoisotopic (exact) mass is 96.1 g/mol. The van der Waals surface area contributed by atoms with Gasteiger partial charge in [0.1, 0.15) is 0 Å². The molecular formula is C5H8N2. The van der Waals surface area contributed by atoms with Crippen molar-refractivity contribution in [1.82, 2.24) is 0 Å². The summed E-state index contributed by atoms with van der Waals surface area (Å²) in [5.41, 5.74) is 1.03. The van der Waals surface area contributed by atoms with Crippen LogP contribution < -0.4 is 0 Å². The maximum atomic E-state index is 3.85. The molecule has 1 rings (SSSR count). The Morgan fingerprint density at radius 2 is 2.43 bits per heavy atom. The lowest BCUT2D eigenvalue weighted by Crippen LogP contribution is -1.82. The Morgan fingerprint density at radius 3 is 2.57 bits per heavy atom. The second-order valence-electron chi connectivity index (χ2n) is 1.76. The van der Waals surface area contributed by atoms with Gasteiger partial charge in [0.05, 0.1) is 11.7 Å². The summed E-state index contributed by atoms with van der Waals surface area (Å²) in [7, 11) is 0. The van der Waals surface area contributed by atoms with Crippen LogP contribution in [0, 0.1) is 0 Å². The summed E-state index contributed by atoms with van der Waals surface area (Å²) in [5.74, 6) is 0. The maximum absolute atomic E-state index is 3.85. The van der Waals surface area contributed by atoms with E-state index < -0.39 is 0 Å². The summed E-state index contributed by atoms with van der Waals surface area (Å²) < 4.78 is 0. The highest BCUT2D eigenvalue weighted by Crippen LogP contribution is 2.09. The highest BCUT2D eigenvalue weighted by atomic mass is 15.1. The molecule has 2 nitrogen and oxygen atoms in total. The first-order chi connectivity index (χ1) is 3.29. The smallest absolute Gasteiger partial charge is 0.0885 e. The fourth-order valence-electron chi connectivity index (χ4n) is 0.598. The maximum Gasteiger partial charge on any atom is 0.0885 e. The quantitative estimate of drug-likeness (QED) is 0.439. The molecule has 0 aromatic rings. The Morgan fingerprint density at radius 1 is 1.71 bits per heavy atom. The van der Waals surface area contributed by atoms with Crippen molar-refractivity contribution >= 4 is 0 Å². The van der Waals surface area contributed by atoms with Crippen molar-refractivity contribution in [2.75, 3.05) is 0 Å². The summed E-state index contributed by atoms with van der Waals surface area (Å²) in [5, 5.41) is 7.65. The van der Waals surface area contributed by atoms with Gasteiger partial charge in [-0.15, -0.1) is 0 Å². The zero-order valence-electron chi connectivity index (χ0n) is 4.55. The minimum Gasteiger partial charge on any atom is -0.182 e. The van der Waals surface area contributed by atoms with Crippen LogP contribution >= 0.6 is 0 Å². The van der Waals surface area contributed by atoms with Gasteiger partial charge >= 0.3 is 0 Å². The summed E-state index contributed by atoms with van der Waals surface area (Å²) >= 11 is 0. The van der Waals surface area contributed by atoms with Gasteiger partial charge in [0, 0.05) is 0 Å². The SMILES string of the molecule is CC1=CC(C)N=N1. The standard InChI is InChI=1S/C5H8N2/c1-4-3-5(2)7-6-4/h3-4H,1-2H3. The molecule has 0 saturated heterocycles. The molecule has 7 heavy (non-hydrogen) atoms. The molecule has 0 aromatic heterocycles. The summed E-state index contributed by atoms with van der Waals surface area (Å²) in [6, 6.07) is 0.319. The van der Waals surface area contributed by atoms with Gasteiger partial charge in [-0.05, 0) is 19.9 Å². The van der Waals surface area contributed by atoms with Gasteiger partial charge in [0.25, 0.3) is 0 Å². The molecule has 2 heteroatoms. The normalized spacial score (nSPS) is 28.3. The zero-order chi connectivity index (χ0) is 5.28. The molecule has 1 aliphatic heterocycles. The molecule has 0 bridgehead atoms. The van der Waals surface area contributed by atoms with Crippen LogP contribution in [0.3, 0.4) is 0 Å². The molecular weight excluding hydrogens is 88.1 g/mol. The van der Waals surface area contributed by atoms with Crippen LogP contribution in [0.4, 0.5) is 0 Å². The van der Waals surface area contributed by atoms with E-state index in [4.69, 9.17) is 0 Å². The van der Waals surface area contributed by atoms with Crippen molar-refractivity contribution in [1.29, 1.82) is 0 Å². The van der Waals surface area contributed by atoms with Gasteiger partial charge < -0.3 is 0 Å². The molecule has 0 saturated carbocycles. The molecule has 0 fully saturated rings. The number of rotatable bonds is 0. The number of nitrogens with zero attached hydrogens (tertiary/aromatic N) is 2. The third kappa shape index (κ3) is 0.856. The van der Waals surface area contributed by atoms with Gasteiger partial charge in [0.15, 0.2) is 0 Å². The van der Waals surface area contributed by atoms with Crippen molar-refractivity contribution in [3.8, 4) is 0 Å². The number of azo groups is 1. The second kappa shape index (κ2) is 1.45. The van der Waals surface area contributed by atoms with Crippen molar-refractivity contribution in [3.05, 3.63) is 11.8 Å². The fraction of sp³-hybridized carbons (Fsp3) is 0.600. The van der Waals surface area contributed by atoms with Gasteiger partial charge in [-0.2, -0.15) is 10.2 Å². The predicted molar refractivity (Wildman–Crippen MR) is 28.1 cm³/mol. The summed E-state index contributed by atoms with van der Waals surface area (Å²) in [6.45, 7) is 3.97. The van der Waals surface area contributed by atoms with Gasteiger partial charge in [0.2, 0.25) is 0 Å². The van der Waals surface area contributed by atoms with Crippen LogP contribution in [0.2, 0.25) is 0 Å². The summed E-state index contributed by atoms with van der Waals surface area (Å²) in [6.07, 6.45) is 2.03. The highest BCUT2D eigenvalue weighted by molar-refractivity contribution is 5.04. The molecule has 0 aliphatic carbocycles. The Hall–Kier alpha value is -0.660. The summed E-state index contributed by atoms with van der Waals surface area (Å²) in [4.78, 5) is 0. The molecule has 0 N–H and O–H groups in total. The third-order valence-electron chi connectivity index (χ3n) is 0.880. The van der Waals surface area contributed by atoms with Crippen molar-refractivity contribution < 1.29 is 0 Å². The van der Waals surface area contributed by atoms with Crippen LogP contribution in [0.25, 0.3) is 0 Å². The lowest BCUT2D eigenvalue weighted by Gasteiger charge is -1.81. The van der Waals surface area contributed by atoms with Crippen molar-refractivity contribution in [2.45, 2.75) is 19.9 Å². The lowest BCUT2D eigenvalue weighted by atomic mass is 10.3. The van der Waals surface area contributed by atoms with Gasteiger partial charge in [-0.3, -0.25) is 0 Å². The Bertz CT molecular complexity index is 124. The van der Waals surface area contributed by atoms with E-state index in [1.165, 1.54) is 0 Å². The highest BCUT2D eigenvalue weighted by Gasteiger charge is 1.99. The van der Waals surface area contributed by atoms with Crippen LogP contribution in [-0.2, 0) is 0 Å². The van der Waals surface area contributed by atoms with Crippen LogP contribution in [0.15, 0.2) is 22.0 Å². The van der Waals surface area contributed by atoms with Crippen molar-refractivity contribution in [2.24, 2.45) is 10.2 Å². The minimum absolute atomic E-state index is 0.319. The van der Waals surface area contributed by atoms with Crippen LogP contribution in [0.5, 0.6) is 0 Å². The van der Waals surface area contributed by atoms with E-state index in [9.17, 15) is 0 Å². The lowest BCUT2D eigenvalue weighted by molar-refractivity contribution is 0.892. The predicted octanol–water partition coefficient (Wildman–Crippen LogP) is 1.74. The Balaban J connectivity index is 2.69. The first kappa shape index (κ1) is 4.50. The second-order valence-corrected chi connectivity index (χ2v) is 1.76. The van der Waals surface area contributed by atoms with E-state index in [1.807, 2.05) is 19.9 Å². The molecule has 1 atom stereocenters. The largest absolute Gasteiger partial charge is 0.182 e. The van der Waals surface area contributed by atoms with Gasteiger partial charge in [-0.1, -0.05) is 0 Å². The molecule has 0 aromatic carbocycles. The molecule has 1 aliphatic rings. The van der Waals surface area contributed by atoms with E-state index in [1.54, 1.807) is 0 Å². The van der Waals surface area contributed by atoms with E-state index >= 15 is 0 Å². The van der Waals surface area contributed by atoms with E-state index in [2.05, 4.69) is 10.2 Å². The Kier molecular flexibility index (Phi) is 0.929. The van der Waals surface area contributed by atoms with E-state index in [0.717, 1.165) is 5.70 Å². The van der Waals surface area contributed by atoms with Crippen LogP contribution in [0.1, 0.15) is 13.8 Å². The first-order valence-electron chi connectivity index (χ1n) is 2.38. The minimum atomic E-state index is 0.319. The van der Waals surface area contributed by atoms with Gasteiger partial charge in [-0.25, -0.2) is 0 Å². The van der Waals surface area contributed by atoms with Crippen LogP contribution in [-0.4, -0.2) is 6.04 Å². The number of hydrogen-bond donors (Lipinski definition) is 0.